The molecule has 3 heterocycles. The lowest BCUT2D eigenvalue weighted by Crippen LogP contribution is -2.41. The number of pyridine rings is 1. The Morgan fingerprint density at radius 3 is 2.73 bits per heavy atom. The fraction of sp³-hybridized carbons (Fsp3) is 0.320. The third-order valence-corrected chi connectivity index (χ3v) is 6.33. The van der Waals surface area contributed by atoms with Gasteiger partial charge in [-0.25, -0.2) is 4.79 Å². The van der Waals surface area contributed by atoms with Crippen molar-refractivity contribution < 1.29 is 9.90 Å². The van der Waals surface area contributed by atoms with Gasteiger partial charge in [-0.05, 0) is 47.7 Å². The second-order valence-corrected chi connectivity index (χ2v) is 8.84. The molecule has 1 fully saturated rings. The van der Waals surface area contributed by atoms with Gasteiger partial charge < -0.3 is 14.9 Å². The van der Waals surface area contributed by atoms with Gasteiger partial charge in [-0.2, -0.15) is 5.10 Å². The number of carbonyl (C=O) groups is 1. The van der Waals surface area contributed by atoms with Gasteiger partial charge in [0.1, 0.15) is 5.84 Å². The van der Waals surface area contributed by atoms with Crippen molar-refractivity contribution in [3.05, 3.63) is 60.8 Å². The molecule has 33 heavy (non-hydrogen) atoms. The summed E-state index contributed by atoms with van der Waals surface area (Å²) in [6.45, 7) is 1.45. The number of aliphatic hydroxyl groups excluding tert-OH is 1. The van der Waals surface area contributed by atoms with Gasteiger partial charge >= 0.3 is 6.03 Å². The highest BCUT2D eigenvalue weighted by Crippen LogP contribution is 2.29. The van der Waals surface area contributed by atoms with Crippen molar-refractivity contribution in [1.82, 2.24) is 20.2 Å². The summed E-state index contributed by atoms with van der Waals surface area (Å²) >= 11 is 0. The number of rotatable bonds is 4. The minimum Gasteiger partial charge on any atom is -0.355 e. The molecular formula is C25H28N6O2. The van der Waals surface area contributed by atoms with E-state index in [2.05, 4.69) is 51.9 Å². The molecule has 8 heteroatoms. The van der Waals surface area contributed by atoms with Gasteiger partial charge in [0.05, 0.1) is 5.52 Å². The molecule has 2 aromatic carbocycles. The molecule has 0 aliphatic carbocycles. The third kappa shape index (κ3) is 4.21. The predicted octanol–water partition coefficient (Wildman–Crippen LogP) is 3.29. The SMILES string of the molecule is CN(C)C(=O)N1CC[C@@H](CC2=NNC(O)N2c2ccc(-c3ccc4cccnc4c3)cc2)C1. The second kappa shape index (κ2) is 8.71. The molecule has 0 radical (unpaired) electrons. The number of benzene rings is 2. The zero-order valence-electron chi connectivity index (χ0n) is 18.8. The summed E-state index contributed by atoms with van der Waals surface area (Å²) in [6, 6.07) is 18.4. The van der Waals surface area contributed by atoms with Gasteiger partial charge in [0, 0.05) is 50.9 Å². The number of urea groups is 1. The molecule has 8 nitrogen and oxygen atoms in total. The third-order valence-electron chi connectivity index (χ3n) is 6.33. The van der Waals surface area contributed by atoms with Crippen molar-refractivity contribution in [3.8, 4) is 11.1 Å². The number of amides is 2. The van der Waals surface area contributed by atoms with E-state index < -0.39 is 6.35 Å². The maximum atomic E-state index is 12.2. The first kappa shape index (κ1) is 21.2. The first-order valence-corrected chi connectivity index (χ1v) is 11.2. The summed E-state index contributed by atoms with van der Waals surface area (Å²) < 4.78 is 0. The number of aromatic nitrogens is 1. The number of nitrogens with zero attached hydrogens (tertiary/aromatic N) is 5. The lowest BCUT2D eigenvalue weighted by Gasteiger charge is -2.25. The van der Waals surface area contributed by atoms with Crippen molar-refractivity contribution in [1.29, 1.82) is 0 Å². The monoisotopic (exact) mass is 444 g/mol. The summed E-state index contributed by atoms with van der Waals surface area (Å²) in [4.78, 5) is 22.0. The second-order valence-electron chi connectivity index (χ2n) is 8.84. The average molecular weight is 445 g/mol. The number of aliphatic hydroxyl groups is 1. The standard InChI is InChI=1S/C25H28N6O2/c1-29(2)25(33)30-13-11-17(16-30)14-23-27-28-24(32)31(23)21-9-7-18(8-10-21)20-6-5-19-4-3-12-26-22(19)15-20/h3-10,12,15,17,24,28,32H,11,13-14,16H2,1-2H3/t17-,24?/m0/s1. The zero-order chi connectivity index (χ0) is 22.9. The Balaban J connectivity index is 1.30. The van der Waals surface area contributed by atoms with Crippen LogP contribution in [0.3, 0.4) is 0 Å². The quantitative estimate of drug-likeness (QED) is 0.645. The van der Waals surface area contributed by atoms with Crippen LogP contribution in [0.2, 0.25) is 0 Å². The fourth-order valence-electron chi connectivity index (χ4n) is 4.59. The summed E-state index contributed by atoms with van der Waals surface area (Å²) in [5, 5.41) is 16.0. The van der Waals surface area contributed by atoms with E-state index in [9.17, 15) is 9.90 Å². The molecule has 3 aromatic rings. The summed E-state index contributed by atoms with van der Waals surface area (Å²) in [7, 11) is 3.55. The summed E-state index contributed by atoms with van der Waals surface area (Å²) in [5.74, 6) is 1.10. The van der Waals surface area contributed by atoms with Gasteiger partial charge in [-0.15, -0.1) is 0 Å². The molecule has 0 bridgehead atoms. The van der Waals surface area contributed by atoms with Gasteiger partial charge in [0.15, 0.2) is 0 Å². The lowest BCUT2D eigenvalue weighted by molar-refractivity contribution is 0.159. The van der Waals surface area contributed by atoms with Crippen molar-refractivity contribution in [2.24, 2.45) is 11.0 Å². The van der Waals surface area contributed by atoms with Crippen molar-refractivity contribution in [3.63, 3.8) is 0 Å². The molecule has 1 aromatic heterocycles. The number of hydrogen-bond donors (Lipinski definition) is 2. The molecular weight excluding hydrogens is 416 g/mol. The van der Waals surface area contributed by atoms with E-state index in [-0.39, 0.29) is 6.03 Å². The highest BCUT2D eigenvalue weighted by Gasteiger charge is 2.33. The van der Waals surface area contributed by atoms with E-state index in [0.29, 0.717) is 18.9 Å². The molecule has 2 amide bonds. The molecule has 2 aliphatic rings. The normalized spacial score (nSPS) is 20.2. The van der Waals surface area contributed by atoms with Crippen LogP contribution < -0.4 is 10.3 Å². The van der Waals surface area contributed by atoms with Gasteiger partial charge in [0.2, 0.25) is 6.35 Å². The smallest absolute Gasteiger partial charge is 0.319 e. The van der Waals surface area contributed by atoms with Crippen molar-refractivity contribution in [2.75, 3.05) is 32.1 Å². The summed E-state index contributed by atoms with van der Waals surface area (Å²) in [5.41, 5.74) is 6.79. The number of anilines is 1. The molecule has 0 saturated carbocycles. The van der Waals surface area contributed by atoms with Crippen LogP contribution in [0.15, 0.2) is 65.9 Å². The fourth-order valence-corrected chi connectivity index (χ4v) is 4.59. The molecule has 5 rings (SSSR count). The Labute approximate surface area is 193 Å². The van der Waals surface area contributed by atoms with E-state index in [1.807, 2.05) is 28.0 Å². The average Bonchev–Trinajstić information content (AvgIpc) is 3.45. The molecule has 170 valence electrons. The first-order valence-electron chi connectivity index (χ1n) is 11.2. The van der Waals surface area contributed by atoms with Crippen LogP contribution in [0.1, 0.15) is 12.8 Å². The maximum Gasteiger partial charge on any atom is 0.319 e. The Hall–Kier alpha value is -3.65. The highest BCUT2D eigenvalue weighted by atomic mass is 16.3. The van der Waals surface area contributed by atoms with Crippen molar-refractivity contribution >= 4 is 28.5 Å². The number of hydrogen-bond acceptors (Lipinski definition) is 6. The minimum absolute atomic E-state index is 0.0420. The van der Waals surface area contributed by atoms with Crippen LogP contribution in [0.25, 0.3) is 22.0 Å². The van der Waals surface area contributed by atoms with Crippen molar-refractivity contribution in [2.45, 2.75) is 19.2 Å². The first-order chi connectivity index (χ1) is 16.0. The number of likely N-dealkylation sites (tertiary alicyclic amines) is 1. The number of fused-ring (bicyclic) bond motifs is 1. The minimum atomic E-state index is -0.906. The predicted molar refractivity (Wildman–Crippen MR) is 130 cm³/mol. The van der Waals surface area contributed by atoms with Gasteiger partial charge in [-0.1, -0.05) is 30.3 Å². The zero-order valence-corrected chi connectivity index (χ0v) is 18.8. The molecule has 2 aliphatic heterocycles. The Morgan fingerprint density at radius 1 is 1.15 bits per heavy atom. The summed E-state index contributed by atoms with van der Waals surface area (Å²) in [6.07, 6.45) is 2.52. The van der Waals surface area contributed by atoms with E-state index in [0.717, 1.165) is 46.5 Å². The lowest BCUT2D eigenvalue weighted by atomic mass is 10.0. The molecule has 2 atom stereocenters. The molecule has 1 saturated heterocycles. The van der Waals surface area contributed by atoms with Gasteiger partial charge in [-0.3, -0.25) is 15.3 Å². The van der Waals surface area contributed by atoms with Crippen LogP contribution in [0.4, 0.5) is 10.5 Å². The number of hydrazone groups is 1. The van der Waals surface area contributed by atoms with E-state index >= 15 is 0 Å². The van der Waals surface area contributed by atoms with E-state index in [4.69, 9.17) is 0 Å². The number of amidine groups is 1. The van der Waals surface area contributed by atoms with E-state index in [1.54, 1.807) is 25.2 Å². The van der Waals surface area contributed by atoms with Crippen LogP contribution in [0, 0.1) is 5.92 Å². The van der Waals surface area contributed by atoms with Crippen LogP contribution in [-0.4, -0.2) is 65.3 Å². The topological polar surface area (TPSA) is 84.3 Å². The van der Waals surface area contributed by atoms with E-state index in [1.165, 1.54) is 0 Å². The molecule has 1 unspecified atom stereocenters. The van der Waals surface area contributed by atoms with Crippen LogP contribution >= 0.6 is 0 Å². The van der Waals surface area contributed by atoms with Gasteiger partial charge in [0.25, 0.3) is 0 Å². The maximum absolute atomic E-state index is 12.2. The van der Waals surface area contributed by atoms with Crippen LogP contribution in [0.5, 0.6) is 0 Å². The van der Waals surface area contributed by atoms with Crippen LogP contribution in [-0.2, 0) is 0 Å². The molecule has 2 N–H and O–H groups in total. The number of nitrogens with one attached hydrogen (secondary N) is 1. The Kier molecular flexibility index (Phi) is 5.60. The largest absolute Gasteiger partial charge is 0.355 e. The Morgan fingerprint density at radius 2 is 1.94 bits per heavy atom. The number of carbonyl (C=O) groups excluding carboxylic acids is 1. The highest BCUT2D eigenvalue weighted by molar-refractivity contribution is 5.99. The molecule has 0 spiro atoms. The Bertz CT molecular complexity index is 1190.